The molecule has 5 heteroatoms. The van der Waals surface area contributed by atoms with E-state index in [0.717, 1.165) is 5.56 Å². The highest BCUT2D eigenvalue weighted by atomic mass is 16.3. The van der Waals surface area contributed by atoms with Crippen LogP contribution in [-0.2, 0) is 4.79 Å². The molecule has 0 aliphatic rings. The molecule has 1 aromatic rings. The minimum atomic E-state index is -1.04. The van der Waals surface area contributed by atoms with Gasteiger partial charge in [-0.1, -0.05) is 12.1 Å². The van der Waals surface area contributed by atoms with E-state index in [9.17, 15) is 14.7 Å². The van der Waals surface area contributed by atoms with E-state index in [1.54, 1.807) is 58.0 Å². The maximum atomic E-state index is 11.9. The fourth-order valence-corrected chi connectivity index (χ4v) is 1.43. The van der Waals surface area contributed by atoms with Crippen LogP contribution >= 0.6 is 0 Å². The van der Waals surface area contributed by atoms with Gasteiger partial charge < -0.3 is 16.2 Å². The third-order valence-electron chi connectivity index (χ3n) is 3.59. The van der Waals surface area contributed by atoms with Crippen LogP contribution in [0.2, 0.25) is 0 Å². The number of aliphatic hydroxyl groups is 1. The highest BCUT2D eigenvalue weighted by Crippen LogP contribution is 2.20. The Hall–Kier alpha value is -2.14. The largest absolute Gasteiger partial charge is 0.388 e. The molecule has 0 aromatic heterocycles. The van der Waals surface area contributed by atoms with Crippen molar-refractivity contribution in [3.8, 4) is 0 Å². The van der Waals surface area contributed by atoms with Crippen molar-refractivity contribution in [1.29, 1.82) is 0 Å². The van der Waals surface area contributed by atoms with Crippen LogP contribution in [0.4, 0.5) is 0 Å². The molecule has 1 rings (SSSR count). The second kappa shape index (κ2) is 6.10. The Bertz CT molecular complexity index is 552. The second-order valence-electron chi connectivity index (χ2n) is 5.99. The van der Waals surface area contributed by atoms with E-state index >= 15 is 0 Å². The van der Waals surface area contributed by atoms with E-state index in [1.807, 2.05) is 0 Å². The summed E-state index contributed by atoms with van der Waals surface area (Å²) in [5.41, 5.74) is 4.54. The predicted molar refractivity (Wildman–Crippen MR) is 82.5 cm³/mol. The summed E-state index contributed by atoms with van der Waals surface area (Å²) < 4.78 is 0. The first-order valence-corrected chi connectivity index (χ1v) is 6.65. The summed E-state index contributed by atoms with van der Waals surface area (Å²) in [5, 5.41) is 12.7. The number of amides is 2. The van der Waals surface area contributed by atoms with Crippen LogP contribution < -0.4 is 11.1 Å². The average Bonchev–Trinajstić information content (AvgIpc) is 2.35. The Morgan fingerprint density at radius 2 is 1.67 bits per heavy atom. The summed E-state index contributed by atoms with van der Waals surface area (Å²) in [7, 11) is 0. The maximum Gasteiger partial charge on any atom is 0.248 e. The number of primary amides is 1. The zero-order valence-corrected chi connectivity index (χ0v) is 12.8. The SMILES string of the molecule is CC(C)(O)C(C)(C)NC(=O)/C=C/c1ccc(C(N)=O)cc1. The van der Waals surface area contributed by atoms with Crippen molar-refractivity contribution >= 4 is 17.9 Å². The van der Waals surface area contributed by atoms with Crippen LogP contribution in [0.5, 0.6) is 0 Å². The lowest BCUT2D eigenvalue weighted by molar-refractivity contribution is -0.121. The minimum absolute atomic E-state index is 0.305. The Labute approximate surface area is 124 Å². The molecule has 1 aromatic carbocycles. The number of rotatable bonds is 5. The number of carbonyl (C=O) groups excluding carboxylic acids is 2. The highest BCUT2D eigenvalue weighted by Gasteiger charge is 2.35. The number of benzene rings is 1. The van der Waals surface area contributed by atoms with Gasteiger partial charge in [0.15, 0.2) is 0 Å². The van der Waals surface area contributed by atoms with Crippen LogP contribution in [-0.4, -0.2) is 28.1 Å². The lowest BCUT2D eigenvalue weighted by Gasteiger charge is -2.37. The van der Waals surface area contributed by atoms with E-state index < -0.39 is 17.0 Å². The molecule has 0 atom stereocenters. The van der Waals surface area contributed by atoms with Gasteiger partial charge in [-0.05, 0) is 51.5 Å². The molecule has 0 saturated carbocycles. The zero-order chi connectivity index (χ0) is 16.3. The average molecular weight is 290 g/mol. The van der Waals surface area contributed by atoms with E-state index in [-0.39, 0.29) is 5.91 Å². The number of hydrogen-bond donors (Lipinski definition) is 3. The molecular formula is C16H22N2O3. The summed E-state index contributed by atoms with van der Waals surface area (Å²) in [6, 6.07) is 6.59. The molecule has 21 heavy (non-hydrogen) atoms. The van der Waals surface area contributed by atoms with E-state index in [0.29, 0.717) is 5.56 Å². The molecule has 5 nitrogen and oxygen atoms in total. The molecule has 2 amide bonds. The lowest BCUT2D eigenvalue weighted by Crippen LogP contribution is -2.57. The molecule has 4 N–H and O–H groups in total. The molecule has 0 bridgehead atoms. The van der Waals surface area contributed by atoms with Gasteiger partial charge in [-0.25, -0.2) is 0 Å². The molecule has 0 spiro atoms. The topological polar surface area (TPSA) is 92.4 Å². The van der Waals surface area contributed by atoms with Gasteiger partial charge in [0.25, 0.3) is 0 Å². The third kappa shape index (κ3) is 4.72. The Morgan fingerprint density at radius 1 is 1.14 bits per heavy atom. The first-order chi connectivity index (χ1) is 9.53. The van der Waals surface area contributed by atoms with Gasteiger partial charge in [-0.2, -0.15) is 0 Å². The monoisotopic (exact) mass is 290 g/mol. The van der Waals surface area contributed by atoms with Crippen molar-refractivity contribution in [2.45, 2.75) is 38.8 Å². The zero-order valence-electron chi connectivity index (χ0n) is 12.8. The van der Waals surface area contributed by atoms with Crippen molar-refractivity contribution in [3.63, 3.8) is 0 Å². The van der Waals surface area contributed by atoms with Crippen LogP contribution in [0, 0.1) is 0 Å². The first-order valence-electron chi connectivity index (χ1n) is 6.65. The molecule has 0 heterocycles. The maximum absolute atomic E-state index is 11.9. The molecule has 0 radical (unpaired) electrons. The van der Waals surface area contributed by atoms with Gasteiger partial charge in [-0.3, -0.25) is 9.59 Å². The molecular weight excluding hydrogens is 268 g/mol. The fourth-order valence-electron chi connectivity index (χ4n) is 1.43. The standard InChI is InChI=1S/C16H22N2O3/c1-15(2,16(3,4)21)18-13(19)10-7-11-5-8-12(9-6-11)14(17)20/h5-10,21H,1-4H3,(H2,17,20)(H,18,19)/b10-7+. The molecule has 114 valence electrons. The Balaban J connectivity index is 2.72. The number of carbonyl (C=O) groups is 2. The van der Waals surface area contributed by atoms with Crippen molar-refractivity contribution in [3.05, 3.63) is 41.5 Å². The Morgan fingerprint density at radius 3 is 2.10 bits per heavy atom. The molecule has 0 unspecified atom stereocenters. The van der Waals surface area contributed by atoms with E-state index in [2.05, 4.69) is 5.32 Å². The highest BCUT2D eigenvalue weighted by molar-refractivity contribution is 5.94. The van der Waals surface area contributed by atoms with E-state index in [1.165, 1.54) is 6.08 Å². The summed E-state index contributed by atoms with van der Waals surface area (Å²) >= 11 is 0. The number of hydrogen-bond acceptors (Lipinski definition) is 3. The molecule has 0 saturated heterocycles. The summed E-state index contributed by atoms with van der Waals surface area (Å²) in [6.07, 6.45) is 3.01. The second-order valence-corrected chi connectivity index (χ2v) is 5.99. The molecule has 0 fully saturated rings. The molecule has 0 aliphatic heterocycles. The molecule has 0 aliphatic carbocycles. The summed E-state index contributed by atoms with van der Waals surface area (Å²) in [6.45, 7) is 6.78. The van der Waals surface area contributed by atoms with Gasteiger partial charge in [0, 0.05) is 11.6 Å². The minimum Gasteiger partial charge on any atom is -0.388 e. The van der Waals surface area contributed by atoms with Gasteiger partial charge in [0.05, 0.1) is 11.1 Å². The van der Waals surface area contributed by atoms with Gasteiger partial charge in [0.1, 0.15) is 0 Å². The Kier molecular flexibility index (Phi) is 4.91. The van der Waals surface area contributed by atoms with Gasteiger partial charge in [0.2, 0.25) is 11.8 Å². The van der Waals surface area contributed by atoms with Crippen LogP contribution in [0.3, 0.4) is 0 Å². The normalized spacial score (nSPS) is 12.4. The summed E-state index contributed by atoms with van der Waals surface area (Å²) in [4.78, 5) is 22.8. The lowest BCUT2D eigenvalue weighted by atomic mass is 9.86. The summed E-state index contributed by atoms with van der Waals surface area (Å²) in [5.74, 6) is -0.795. The van der Waals surface area contributed by atoms with E-state index in [4.69, 9.17) is 5.73 Å². The van der Waals surface area contributed by atoms with Crippen LogP contribution in [0.25, 0.3) is 6.08 Å². The van der Waals surface area contributed by atoms with Crippen LogP contribution in [0.15, 0.2) is 30.3 Å². The third-order valence-corrected chi connectivity index (χ3v) is 3.59. The first kappa shape index (κ1) is 16.9. The quantitative estimate of drug-likeness (QED) is 0.717. The predicted octanol–water partition coefficient (Wildman–Crippen LogP) is 1.46. The van der Waals surface area contributed by atoms with Crippen molar-refractivity contribution < 1.29 is 14.7 Å². The van der Waals surface area contributed by atoms with Gasteiger partial charge in [-0.15, -0.1) is 0 Å². The van der Waals surface area contributed by atoms with Crippen molar-refractivity contribution in [1.82, 2.24) is 5.32 Å². The smallest absolute Gasteiger partial charge is 0.248 e. The number of nitrogens with two attached hydrogens (primary N) is 1. The van der Waals surface area contributed by atoms with Crippen molar-refractivity contribution in [2.75, 3.05) is 0 Å². The van der Waals surface area contributed by atoms with Gasteiger partial charge >= 0.3 is 0 Å². The van der Waals surface area contributed by atoms with Crippen LogP contribution in [0.1, 0.15) is 43.6 Å². The van der Waals surface area contributed by atoms with Crippen molar-refractivity contribution in [2.24, 2.45) is 5.73 Å². The number of nitrogens with one attached hydrogen (secondary N) is 1. The fraction of sp³-hybridized carbons (Fsp3) is 0.375.